The van der Waals surface area contributed by atoms with Crippen molar-refractivity contribution in [3.63, 3.8) is 0 Å². The standard InChI is InChI=1S/C22H25FN2O4/c1-13(29-21(27)24-22(2,3)4)14-9-7-10-17(23)16(14)12-19-20(26)15-8-5-6-11-18(15)25(19)28/h5-11,13,26,28H,12H2,1-4H3,(H,24,27)/t13-/m0/s1. The number of alkyl carbamates (subject to hydrolysis) is 1. The predicted molar refractivity (Wildman–Crippen MR) is 108 cm³/mol. The topological polar surface area (TPSA) is 83.7 Å². The maximum atomic E-state index is 14.7. The predicted octanol–water partition coefficient (Wildman–Crippen LogP) is 4.90. The highest BCUT2D eigenvalue weighted by Crippen LogP contribution is 2.34. The number of aromatic nitrogens is 1. The van der Waals surface area contributed by atoms with Crippen LogP contribution >= 0.6 is 0 Å². The molecule has 154 valence electrons. The van der Waals surface area contributed by atoms with Gasteiger partial charge in [0.25, 0.3) is 0 Å². The van der Waals surface area contributed by atoms with E-state index in [2.05, 4.69) is 5.32 Å². The van der Waals surface area contributed by atoms with Crippen LogP contribution in [0.4, 0.5) is 9.18 Å². The van der Waals surface area contributed by atoms with Gasteiger partial charge in [-0.2, -0.15) is 4.73 Å². The van der Waals surface area contributed by atoms with E-state index in [1.807, 2.05) is 20.8 Å². The molecular formula is C22H25FN2O4. The van der Waals surface area contributed by atoms with Gasteiger partial charge in [0.15, 0.2) is 0 Å². The molecule has 0 saturated carbocycles. The maximum Gasteiger partial charge on any atom is 0.408 e. The molecule has 3 rings (SSSR count). The van der Waals surface area contributed by atoms with Gasteiger partial charge in [-0.25, -0.2) is 9.18 Å². The Morgan fingerprint density at radius 2 is 1.90 bits per heavy atom. The van der Waals surface area contributed by atoms with Gasteiger partial charge in [-0.3, -0.25) is 0 Å². The van der Waals surface area contributed by atoms with Crippen LogP contribution in [0.3, 0.4) is 0 Å². The Balaban J connectivity index is 1.95. The third-order valence-corrected chi connectivity index (χ3v) is 4.61. The Kier molecular flexibility index (Phi) is 5.42. The second-order valence-electron chi connectivity index (χ2n) is 8.03. The molecule has 7 heteroatoms. The molecule has 0 aliphatic rings. The number of nitrogens with zero attached hydrogens (tertiary/aromatic N) is 1. The minimum absolute atomic E-state index is 0.0758. The van der Waals surface area contributed by atoms with Crippen LogP contribution in [-0.2, 0) is 11.2 Å². The zero-order valence-electron chi connectivity index (χ0n) is 16.9. The number of aromatic hydroxyl groups is 1. The van der Waals surface area contributed by atoms with Gasteiger partial charge in [-0.15, -0.1) is 0 Å². The first-order valence-electron chi connectivity index (χ1n) is 9.35. The van der Waals surface area contributed by atoms with Crippen LogP contribution in [-0.4, -0.2) is 26.7 Å². The Bertz CT molecular complexity index is 1010. The summed E-state index contributed by atoms with van der Waals surface area (Å²) in [4.78, 5) is 12.1. The van der Waals surface area contributed by atoms with Crippen molar-refractivity contribution in [3.8, 4) is 5.75 Å². The lowest BCUT2D eigenvalue weighted by atomic mass is 9.98. The third kappa shape index (κ3) is 4.29. The lowest BCUT2D eigenvalue weighted by Crippen LogP contribution is -2.41. The van der Waals surface area contributed by atoms with E-state index in [0.29, 0.717) is 16.5 Å². The van der Waals surface area contributed by atoms with Crippen molar-refractivity contribution < 1.29 is 24.2 Å². The number of ether oxygens (including phenoxy) is 1. The van der Waals surface area contributed by atoms with Crippen LogP contribution in [0.2, 0.25) is 0 Å². The highest BCUT2D eigenvalue weighted by atomic mass is 19.1. The van der Waals surface area contributed by atoms with Crippen molar-refractivity contribution in [3.05, 3.63) is 65.1 Å². The molecule has 0 radical (unpaired) electrons. The zero-order chi connectivity index (χ0) is 21.3. The van der Waals surface area contributed by atoms with Crippen molar-refractivity contribution >= 4 is 17.0 Å². The summed E-state index contributed by atoms with van der Waals surface area (Å²) in [6, 6.07) is 11.3. The summed E-state index contributed by atoms with van der Waals surface area (Å²) in [6.07, 6.45) is -1.42. The minimum Gasteiger partial charge on any atom is -0.505 e. The molecular weight excluding hydrogens is 375 g/mol. The van der Waals surface area contributed by atoms with E-state index in [-0.39, 0.29) is 23.4 Å². The van der Waals surface area contributed by atoms with E-state index in [0.717, 1.165) is 4.73 Å². The summed E-state index contributed by atoms with van der Waals surface area (Å²) in [7, 11) is 0. The van der Waals surface area contributed by atoms with Gasteiger partial charge in [0.1, 0.15) is 23.4 Å². The van der Waals surface area contributed by atoms with Crippen molar-refractivity contribution in [1.82, 2.24) is 10.0 Å². The Morgan fingerprint density at radius 3 is 2.55 bits per heavy atom. The molecule has 0 unspecified atom stereocenters. The number of hydrogen-bond acceptors (Lipinski definition) is 4. The normalized spacial score (nSPS) is 12.7. The quantitative estimate of drug-likeness (QED) is 0.544. The fourth-order valence-electron chi connectivity index (χ4n) is 3.29. The molecule has 0 aliphatic carbocycles. The van der Waals surface area contributed by atoms with E-state index in [9.17, 15) is 19.5 Å². The van der Waals surface area contributed by atoms with E-state index >= 15 is 0 Å². The van der Waals surface area contributed by atoms with E-state index < -0.39 is 23.6 Å². The molecule has 1 heterocycles. The van der Waals surface area contributed by atoms with Crippen LogP contribution in [0.15, 0.2) is 42.5 Å². The number of amides is 1. The number of rotatable bonds is 4. The molecule has 3 aromatic rings. The minimum atomic E-state index is -0.735. The van der Waals surface area contributed by atoms with Crippen molar-refractivity contribution in [2.75, 3.05) is 0 Å². The van der Waals surface area contributed by atoms with Gasteiger partial charge in [0.05, 0.1) is 5.52 Å². The molecule has 0 spiro atoms. The first-order valence-corrected chi connectivity index (χ1v) is 9.35. The maximum absolute atomic E-state index is 14.7. The Hall–Kier alpha value is -3.22. The largest absolute Gasteiger partial charge is 0.505 e. The average molecular weight is 400 g/mol. The highest BCUT2D eigenvalue weighted by Gasteiger charge is 2.24. The Morgan fingerprint density at radius 1 is 1.21 bits per heavy atom. The highest BCUT2D eigenvalue weighted by molar-refractivity contribution is 5.88. The first kappa shape index (κ1) is 20.5. The van der Waals surface area contributed by atoms with Gasteiger partial charge >= 0.3 is 6.09 Å². The van der Waals surface area contributed by atoms with Crippen molar-refractivity contribution in [2.45, 2.75) is 45.8 Å². The van der Waals surface area contributed by atoms with Gasteiger partial charge in [-0.1, -0.05) is 24.3 Å². The summed E-state index contributed by atoms with van der Waals surface area (Å²) >= 11 is 0. The van der Waals surface area contributed by atoms with Crippen molar-refractivity contribution in [2.24, 2.45) is 0 Å². The Labute approximate surface area is 168 Å². The SMILES string of the molecule is C[C@H](OC(=O)NC(C)(C)C)c1cccc(F)c1Cc1c(O)c2ccccc2n1O. The van der Waals surface area contributed by atoms with Gasteiger partial charge in [0.2, 0.25) is 0 Å². The molecule has 6 nitrogen and oxygen atoms in total. The summed E-state index contributed by atoms with van der Waals surface area (Å²) in [5.41, 5.74) is 0.803. The van der Waals surface area contributed by atoms with Crippen molar-refractivity contribution in [1.29, 1.82) is 0 Å². The average Bonchev–Trinajstić information content (AvgIpc) is 2.86. The van der Waals surface area contributed by atoms with Gasteiger partial charge < -0.3 is 20.4 Å². The number of halogens is 1. The second kappa shape index (κ2) is 7.66. The van der Waals surface area contributed by atoms with Crippen LogP contribution in [0.1, 0.15) is 50.6 Å². The molecule has 1 atom stereocenters. The fourth-order valence-corrected chi connectivity index (χ4v) is 3.29. The van der Waals surface area contributed by atoms with Crippen LogP contribution in [0.5, 0.6) is 5.75 Å². The number of carbonyl (C=O) groups is 1. The monoisotopic (exact) mass is 400 g/mol. The molecule has 0 fully saturated rings. The molecule has 0 saturated heterocycles. The van der Waals surface area contributed by atoms with Gasteiger partial charge in [0, 0.05) is 22.9 Å². The van der Waals surface area contributed by atoms with E-state index in [1.165, 1.54) is 12.1 Å². The molecule has 29 heavy (non-hydrogen) atoms. The van der Waals surface area contributed by atoms with E-state index in [4.69, 9.17) is 4.74 Å². The lowest BCUT2D eigenvalue weighted by Gasteiger charge is -2.23. The van der Waals surface area contributed by atoms with Gasteiger partial charge in [-0.05, 0) is 51.5 Å². The van der Waals surface area contributed by atoms with Crippen LogP contribution in [0, 0.1) is 5.82 Å². The fraction of sp³-hybridized carbons (Fsp3) is 0.318. The molecule has 1 amide bonds. The molecule has 0 bridgehead atoms. The second-order valence-corrected chi connectivity index (χ2v) is 8.03. The number of carbonyl (C=O) groups excluding carboxylic acids is 1. The summed E-state index contributed by atoms with van der Waals surface area (Å²) in [5, 5.41) is 24.2. The number of nitrogens with one attached hydrogen (secondary N) is 1. The van der Waals surface area contributed by atoms with Crippen LogP contribution in [0.25, 0.3) is 10.9 Å². The summed E-state index contributed by atoms with van der Waals surface area (Å²) in [5.74, 6) is -0.629. The molecule has 0 aliphatic heterocycles. The molecule has 2 aromatic carbocycles. The first-order chi connectivity index (χ1) is 13.6. The van der Waals surface area contributed by atoms with E-state index in [1.54, 1.807) is 37.3 Å². The molecule has 1 aromatic heterocycles. The molecule has 3 N–H and O–H groups in total. The smallest absolute Gasteiger partial charge is 0.408 e. The third-order valence-electron chi connectivity index (χ3n) is 4.61. The van der Waals surface area contributed by atoms with Crippen LogP contribution < -0.4 is 5.32 Å². The summed E-state index contributed by atoms with van der Waals surface area (Å²) in [6.45, 7) is 7.13. The lowest BCUT2D eigenvalue weighted by molar-refractivity contribution is 0.0994. The number of fused-ring (bicyclic) bond motifs is 1. The zero-order valence-corrected chi connectivity index (χ0v) is 16.9. The number of hydrogen-bond donors (Lipinski definition) is 3. The summed E-state index contributed by atoms with van der Waals surface area (Å²) < 4.78 is 21.0. The number of benzene rings is 2. The number of para-hydroxylation sites is 1.